The molecule has 1 fully saturated rings. The number of amides is 2. The number of urea groups is 1. The molecule has 2 atom stereocenters. The van der Waals surface area contributed by atoms with Gasteiger partial charge in [-0.25, -0.2) is 4.79 Å². The van der Waals surface area contributed by atoms with E-state index < -0.39 is 11.8 Å². The van der Waals surface area contributed by atoms with Crippen LogP contribution in [-0.4, -0.2) is 17.2 Å². The van der Waals surface area contributed by atoms with Crippen LogP contribution in [0.15, 0.2) is 72.8 Å². The lowest BCUT2D eigenvalue weighted by molar-refractivity contribution is 0.0371. The Morgan fingerprint density at radius 1 is 0.897 bits per heavy atom. The molecule has 0 aromatic heterocycles. The van der Waals surface area contributed by atoms with Crippen molar-refractivity contribution in [3.05, 3.63) is 94.0 Å². The molecule has 1 aliphatic heterocycles. The summed E-state index contributed by atoms with van der Waals surface area (Å²) >= 11 is 12.1. The number of rotatable bonds is 3. The van der Waals surface area contributed by atoms with Crippen LogP contribution in [0.25, 0.3) is 0 Å². The molecule has 0 spiro atoms. The van der Waals surface area contributed by atoms with Crippen molar-refractivity contribution in [3.63, 3.8) is 0 Å². The van der Waals surface area contributed by atoms with Crippen LogP contribution in [0.2, 0.25) is 10.0 Å². The maximum Gasteiger partial charge on any atom is 0.332 e. The van der Waals surface area contributed by atoms with E-state index in [2.05, 4.69) is 0 Å². The Labute approximate surface area is 179 Å². The highest BCUT2D eigenvalue weighted by molar-refractivity contribution is 6.31. The van der Waals surface area contributed by atoms with Crippen molar-refractivity contribution in [1.29, 1.82) is 0 Å². The highest BCUT2D eigenvalue weighted by Crippen LogP contribution is 2.44. The number of nitrogens with zero attached hydrogens (tertiary/aromatic N) is 2. The molecule has 1 N–H and O–H groups in total. The number of benzene rings is 3. The van der Waals surface area contributed by atoms with Gasteiger partial charge in [0.25, 0.3) is 0 Å². The van der Waals surface area contributed by atoms with Gasteiger partial charge in [0.15, 0.2) is 5.72 Å². The molecule has 1 unspecified atom stereocenters. The number of aliphatic hydroxyl groups is 1. The average molecular weight is 427 g/mol. The van der Waals surface area contributed by atoms with E-state index in [0.717, 1.165) is 5.56 Å². The lowest BCUT2D eigenvalue weighted by Gasteiger charge is -2.36. The first-order chi connectivity index (χ1) is 13.8. The number of hydrogen-bond acceptors (Lipinski definition) is 2. The first-order valence-electron chi connectivity index (χ1n) is 9.26. The van der Waals surface area contributed by atoms with Gasteiger partial charge in [-0.2, -0.15) is 0 Å². The minimum atomic E-state index is -1.57. The van der Waals surface area contributed by atoms with Gasteiger partial charge in [-0.1, -0.05) is 53.0 Å². The Morgan fingerprint density at radius 3 is 2.00 bits per heavy atom. The Morgan fingerprint density at radius 2 is 1.45 bits per heavy atom. The van der Waals surface area contributed by atoms with Crippen molar-refractivity contribution in [3.8, 4) is 0 Å². The highest BCUT2D eigenvalue weighted by atomic mass is 35.5. The molecule has 3 aromatic carbocycles. The molecule has 4 nitrogen and oxygen atoms in total. The molecule has 0 bridgehead atoms. The Bertz CT molecular complexity index is 1050. The van der Waals surface area contributed by atoms with E-state index in [1.54, 1.807) is 53.4 Å². The number of aryl methyl sites for hydroxylation is 1. The summed E-state index contributed by atoms with van der Waals surface area (Å²) in [6.07, 6.45) is 0. The number of hydrogen-bond donors (Lipinski definition) is 1. The van der Waals surface area contributed by atoms with Crippen LogP contribution >= 0.6 is 23.2 Å². The van der Waals surface area contributed by atoms with Crippen molar-refractivity contribution in [1.82, 2.24) is 0 Å². The summed E-state index contributed by atoms with van der Waals surface area (Å²) in [7, 11) is 0. The normalized spacial score (nSPS) is 21.7. The fraction of sp³-hybridized carbons (Fsp3) is 0.174. The summed E-state index contributed by atoms with van der Waals surface area (Å²) in [5, 5.41) is 13.1. The van der Waals surface area contributed by atoms with E-state index in [-0.39, 0.29) is 6.03 Å². The van der Waals surface area contributed by atoms with E-state index in [1.165, 1.54) is 4.90 Å². The Balaban J connectivity index is 1.90. The van der Waals surface area contributed by atoms with E-state index in [4.69, 9.17) is 23.2 Å². The second-order valence-electron chi connectivity index (χ2n) is 7.21. The van der Waals surface area contributed by atoms with E-state index >= 15 is 0 Å². The zero-order chi connectivity index (χ0) is 20.8. The molecule has 1 heterocycles. The van der Waals surface area contributed by atoms with Gasteiger partial charge in [0.2, 0.25) is 0 Å². The van der Waals surface area contributed by atoms with Crippen LogP contribution in [-0.2, 0) is 5.72 Å². The van der Waals surface area contributed by atoms with Gasteiger partial charge >= 0.3 is 6.03 Å². The SMILES string of the molecule is Cc1cccc(C2(O)[C@H](C)N(c3ccc(Cl)cc3)C(=O)N2c2ccc(Cl)cc2)c1. The van der Waals surface area contributed by atoms with Crippen LogP contribution in [0.1, 0.15) is 18.1 Å². The van der Waals surface area contributed by atoms with Crippen molar-refractivity contribution in [2.75, 3.05) is 9.80 Å². The van der Waals surface area contributed by atoms with Crippen molar-refractivity contribution < 1.29 is 9.90 Å². The summed E-state index contributed by atoms with van der Waals surface area (Å²) in [5.74, 6) is 0. The van der Waals surface area contributed by atoms with Gasteiger partial charge in [0.05, 0.1) is 6.04 Å². The van der Waals surface area contributed by atoms with Crippen LogP contribution in [0.4, 0.5) is 16.2 Å². The highest BCUT2D eigenvalue weighted by Gasteiger charge is 2.56. The van der Waals surface area contributed by atoms with Gasteiger partial charge in [-0.3, -0.25) is 9.80 Å². The molecule has 0 radical (unpaired) electrons. The Kier molecular flexibility index (Phi) is 5.03. The molecular formula is C23H20Cl2N2O2. The van der Waals surface area contributed by atoms with Gasteiger partial charge in [-0.05, 0) is 62.4 Å². The third kappa shape index (κ3) is 3.27. The standard InChI is InChI=1S/C23H20Cl2N2O2/c1-15-4-3-5-17(14-15)23(29)16(2)26(20-10-6-18(24)7-11-20)22(28)27(23)21-12-8-19(25)9-13-21/h3-14,16,29H,1-2H3/t16-,23?/m0/s1. The van der Waals surface area contributed by atoms with Crippen molar-refractivity contribution in [2.24, 2.45) is 0 Å². The minimum Gasteiger partial charge on any atom is -0.365 e. The maximum atomic E-state index is 13.6. The topological polar surface area (TPSA) is 43.8 Å². The number of carbonyl (C=O) groups excluding carboxylic acids is 1. The molecule has 0 aliphatic carbocycles. The minimum absolute atomic E-state index is 0.328. The summed E-state index contributed by atoms with van der Waals surface area (Å²) < 4.78 is 0. The third-order valence-electron chi connectivity index (χ3n) is 5.34. The monoisotopic (exact) mass is 426 g/mol. The van der Waals surface area contributed by atoms with Gasteiger partial charge in [0, 0.05) is 27.0 Å². The maximum absolute atomic E-state index is 13.6. The molecule has 1 aliphatic rings. The second kappa shape index (κ2) is 7.38. The van der Waals surface area contributed by atoms with E-state index in [9.17, 15) is 9.90 Å². The van der Waals surface area contributed by atoms with Crippen LogP contribution in [0, 0.1) is 6.92 Å². The molecule has 29 heavy (non-hydrogen) atoms. The molecule has 0 saturated carbocycles. The summed E-state index contributed by atoms with van der Waals surface area (Å²) in [5.41, 5.74) is 1.29. The molecule has 1 saturated heterocycles. The predicted octanol–water partition coefficient (Wildman–Crippen LogP) is 5.98. The smallest absolute Gasteiger partial charge is 0.332 e. The van der Waals surface area contributed by atoms with Gasteiger partial charge in [-0.15, -0.1) is 0 Å². The molecule has 148 valence electrons. The first-order valence-corrected chi connectivity index (χ1v) is 10.0. The van der Waals surface area contributed by atoms with Crippen LogP contribution < -0.4 is 9.80 Å². The molecule has 4 rings (SSSR count). The lowest BCUT2D eigenvalue weighted by atomic mass is 9.93. The number of anilines is 2. The number of carbonyl (C=O) groups is 1. The van der Waals surface area contributed by atoms with E-state index in [0.29, 0.717) is 27.0 Å². The fourth-order valence-electron chi connectivity index (χ4n) is 3.86. The zero-order valence-electron chi connectivity index (χ0n) is 16.0. The summed E-state index contributed by atoms with van der Waals surface area (Å²) in [4.78, 5) is 16.6. The lowest BCUT2D eigenvalue weighted by Crippen LogP contribution is -2.48. The van der Waals surface area contributed by atoms with Crippen molar-refractivity contribution >= 4 is 40.6 Å². The number of halogens is 2. The van der Waals surface area contributed by atoms with E-state index in [1.807, 2.05) is 38.1 Å². The van der Waals surface area contributed by atoms with Crippen LogP contribution in [0.3, 0.4) is 0 Å². The average Bonchev–Trinajstić information content (AvgIpc) is 2.90. The zero-order valence-corrected chi connectivity index (χ0v) is 17.5. The first kappa shape index (κ1) is 19.8. The predicted molar refractivity (Wildman–Crippen MR) is 118 cm³/mol. The van der Waals surface area contributed by atoms with Crippen LogP contribution in [0.5, 0.6) is 0 Å². The van der Waals surface area contributed by atoms with Gasteiger partial charge < -0.3 is 5.11 Å². The Hall–Kier alpha value is -2.53. The molecule has 6 heteroatoms. The van der Waals surface area contributed by atoms with Gasteiger partial charge in [0.1, 0.15) is 0 Å². The quantitative estimate of drug-likeness (QED) is 0.559. The largest absolute Gasteiger partial charge is 0.365 e. The summed E-state index contributed by atoms with van der Waals surface area (Å²) in [6.45, 7) is 3.79. The molecule has 2 amide bonds. The fourth-order valence-corrected chi connectivity index (χ4v) is 4.12. The molecular weight excluding hydrogens is 407 g/mol. The van der Waals surface area contributed by atoms with Crippen molar-refractivity contribution in [2.45, 2.75) is 25.6 Å². The summed E-state index contributed by atoms with van der Waals surface area (Å²) in [6, 6.07) is 20.6. The second-order valence-corrected chi connectivity index (χ2v) is 8.09. The third-order valence-corrected chi connectivity index (χ3v) is 5.84. The molecule has 3 aromatic rings.